The second-order valence-electron chi connectivity index (χ2n) is 5.84. The Kier molecular flexibility index (Phi) is 7.95. The molecule has 0 saturated carbocycles. The van der Waals surface area contributed by atoms with Crippen LogP contribution in [-0.2, 0) is 16.4 Å². The lowest BCUT2D eigenvalue weighted by Crippen LogP contribution is -2.21. The Morgan fingerprint density at radius 3 is 2.19 bits per heavy atom. The zero-order valence-corrected chi connectivity index (χ0v) is 17.9. The maximum atomic E-state index is 11.4. The molecule has 2 aromatic carbocycles. The summed E-state index contributed by atoms with van der Waals surface area (Å²) in [5.74, 6) is -1.17. The molecule has 11 heteroatoms. The summed E-state index contributed by atoms with van der Waals surface area (Å²) in [5.41, 5.74) is 2.06. The Morgan fingerprint density at radius 1 is 1.07 bits per heavy atom. The van der Waals surface area contributed by atoms with Crippen molar-refractivity contribution in [3.63, 3.8) is 0 Å². The van der Waals surface area contributed by atoms with Crippen LogP contribution in [0.15, 0.2) is 29.2 Å². The van der Waals surface area contributed by atoms with E-state index in [1.807, 2.05) is 0 Å². The van der Waals surface area contributed by atoms with E-state index >= 15 is 0 Å². The molecule has 1 aliphatic heterocycles. The number of aromatic hydroxyl groups is 2. The first-order valence-corrected chi connectivity index (χ1v) is 9.77. The molecule has 0 spiro atoms. The number of sulfonamides is 1. The van der Waals surface area contributed by atoms with Gasteiger partial charge in [0.25, 0.3) is 0 Å². The minimum atomic E-state index is -3.78. The predicted molar refractivity (Wildman–Crippen MR) is 110 cm³/mol. The molecule has 0 saturated heterocycles. The molecule has 0 aromatic heterocycles. The van der Waals surface area contributed by atoms with Crippen molar-refractivity contribution in [1.82, 2.24) is 5.32 Å². The minimum Gasteiger partial charge on any atom is -0.503 e. The summed E-state index contributed by atoms with van der Waals surface area (Å²) in [6.07, 6.45) is 0.535. The molecule has 0 bridgehead atoms. The van der Waals surface area contributed by atoms with Crippen LogP contribution < -0.4 is 10.5 Å². The van der Waals surface area contributed by atoms with Gasteiger partial charge in [0.1, 0.15) is 0 Å². The molecular formula is C16H19BrCl2N2O5S. The number of phenolic OH excluding ortho intramolecular Hbond substituents is 2. The average Bonchev–Trinajstić information content (AvgIpc) is 2.80. The topological polar surface area (TPSA) is 144 Å². The largest absolute Gasteiger partial charge is 0.503 e. The van der Waals surface area contributed by atoms with Gasteiger partial charge in [0.15, 0.2) is 11.5 Å². The van der Waals surface area contributed by atoms with Crippen molar-refractivity contribution < 1.29 is 24.1 Å². The zero-order valence-electron chi connectivity index (χ0n) is 13.9. The van der Waals surface area contributed by atoms with Gasteiger partial charge in [0.05, 0.1) is 14.9 Å². The summed E-state index contributed by atoms with van der Waals surface area (Å²) >= 11 is 12.5. The number of fused-ring (bicyclic) bond motifs is 1. The van der Waals surface area contributed by atoms with Gasteiger partial charge in [-0.3, -0.25) is 0 Å². The molecule has 3 rings (SSSR count). The molecule has 1 heterocycles. The van der Waals surface area contributed by atoms with Gasteiger partial charge in [-0.05, 0) is 41.8 Å². The molecule has 1 unspecified atom stereocenters. The van der Waals surface area contributed by atoms with Gasteiger partial charge < -0.3 is 21.0 Å². The molecule has 27 heavy (non-hydrogen) atoms. The molecule has 1 atom stereocenters. The normalized spacial score (nSPS) is 16.5. The molecule has 1 aliphatic rings. The number of phenols is 2. The fourth-order valence-corrected chi connectivity index (χ4v) is 4.21. The van der Waals surface area contributed by atoms with Crippen LogP contribution in [0.25, 0.3) is 0 Å². The lowest BCUT2D eigenvalue weighted by molar-refractivity contribution is 0.403. The van der Waals surface area contributed by atoms with E-state index in [0.717, 1.165) is 5.56 Å². The fourth-order valence-electron chi connectivity index (χ4n) is 3.07. The SMILES string of the molecule is Br.NS(=O)(=O)c1ccc(C2CNCCc3c(Cl)c(O)c(O)c(Cl)c32)cc1.O. The number of rotatable bonds is 2. The van der Waals surface area contributed by atoms with Crippen LogP contribution >= 0.6 is 40.2 Å². The van der Waals surface area contributed by atoms with E-state index in [1.165, 1.54) is 12.1 Å². The standard InChI is InChI=1S/C16H16Cl2N2O4S.BrH.H2O/c17-13-10-5-6-20-7-11(12(10)14(18)16(22)15(13)21)8-1-3-9(4-2-8)25(19,23)24;;/h1-4,11,20-22H,5-7H2,(H2,19,23,24);1H;1H2. The van der Waals surface area contributed by atoms with Crippen molar-refractivity contribution in [3.8, 4) is 11.5 Å². The van der Waals surface area contributed by atoms with Gasteiger partial charge in [0.2, 0.25) is 10.0 Å². The van der Waals surface area contributed by atoms with Crippen molar-refractivity contribution in [2.75, 3.05) is 13.1 Å². The zero-order chi connectivity index (χ0) is 18.4. The number of nitrogens with one attached hydrogen (secondary N) is 1. The Labute approximate surface area is 177 Å². The number of benzene rings is 2. The molecule has 0 amide bonds. The van der Waals surface area contributed by atoms with E-state index in [4.69, 9.17) is 28.3 Å². The van der Waals surface area contributed by atoms with Gasteiger partial charge in [-0.25, -0.2) is 13.6 Å². The molecule has 2 aromatic rings. The van der Waals surface area contributed by atoms with Crippen LogP contribution in [0.1, 0.15) is 22.6 Å². The summed E-state index contributed by atoms with van der Waals surface area (Å²) in [5, 5.41) is 28.5. The highest BCUT2D eigenvalue weighted by Gasteiger charge is 2.29. The number of halogens is 3. The monoisotopic (exact) mass is 500 g/mol. The second-order valence-corrected chi connectivity index (χ2v) is 8.16. The Hall–Kier alpha value is -1.07. The summed E-state index contributed by atoms with van der Waals surface area (Å²) in [6, 6.07) is 6.14. The first kappa shape index (κ1) is 24.0. The highest BCUT2D eigenvalue weighted by molar-refractivity contribution is 8.93. The molecule has 7 N–H and O–H groups in total. The van der Waals surface area contributed by atoms with Crippen molar-refractivity contribution in [3.05, 3.63) is 51.0 Å². The Bertz CT molecular complexity index is 939. The number of hydrogen-bond donors (Lipinski definition) is 4. The summed E-state index contributed by atoms with van der Waals surface area (Å²) in [7, 11) is -3.78. The highest BCUT2D eigenvalue weighted by Crippen LogP contribution is 2.48. The molecule has 7 nitrogen and oxygen atoms in total. The molecule has 0 aliphatic carbocycles. The molecule has 0 fully saturated rings. The van der Waals surface area contributed by atoms with Gasteiger partial charge >= 0.3 is 0 Å². The second kappa shape index (κ2) is 8.95. The molecular weight excluding hydrogens is 483 g/mol. The summed E-state index contributed by atoms with van der Waals surface area (Å²) < 4.78 is 22.8. The lowest BCUT2D eigenvalue weighted by Gasteiger charge is -2.22. The van der Waals surface area contributed by atoms with Crippen LogP contribution in [-0.4, -0.2) is 37.2 Å². The van der Waals surface area contributed by atoms with Crippen LogP contribution in [0.5, 0.6) is 11.5 Å². The third kappa shape index (κ3) is 4.51. The van der Waals surface area contributed by atoms with Crippen LogP contribution in [0.3, 0.4) is 0 Å². The van der Waals surface area contributed by atoms with E-state index in [-0.39, 0.29) is 43.3 Å². The molecule has 150 valence electrons. The van der Waals surface area contributed by atoms with Crippen LogP contribution in [0.4, 0.5) is 0 Å². The maximum absolute atomic E-state index is 11.4. The first-order chi connectivity index (χ1) is 11.7. The van der Waals surface area contributed by atoms with Crippen molar-refractivity contribution >= 4 is 50.2 Å². The highest BCUT2D eigenvalue weighted by atomic mass is 79.9. The van der Waals surface area contributed by atoms with Crippen LogP contribution in [0.2, 0.25) is 10.0 Å². The smallest absolute Gasteiger partial charge is 0.238 e. The van der Waals surface area contributed by atoms with E-state index in [0.29, 0.717) is 30.6 Å². The van der Waals surface area contributed by atoms with Gasteiger partial charge in [0, 0.05) is 12.5 Å². The van der Waals surface area contributed by atoms with Crippen molar-refractivity contribution in [2.24, 2.45) is 5.14 Å². The summed E-state index contributed by atoms with van der Waals surface area (Å²) in [4.78, 5) is 0.00994. The fraction of sp³-hybridized carbons (Fsp3) is 0.250. The number of primary sulfonamides is 1. The van der Waals surface area contributed by atoms with Gasteiger partial charge in [-0.1, -0.05) is 35.3 Å². The minimum absolute atomic E-state index is 0. The quantitative estimate of drug-likeness (QED) is 0.465. The average molecular weight is 502 g/mol. The van der Waals surface area contributed by atoms with Gasteiger partial charge in [-0.2, -0.15) is 0 Å². The molecule has 0 radical (unpaired) electrons. The third-order valence-corrected chi connectivity index (χ3v) is 6.05. The predicted octanol–water partition coefficient (Wildman–Crippen LogP) is 2.08. The Morgan fingerprint density at radius 2 is 1.63 bits per heavy atom. The number of nitrogens with two attached hydrogens (primary N) is 1. The van der Waals surface area contributed by atoms with Gasteiger partial charge in [-0.15, -0.1) is 17.0 Å². The van der Waals surface area contributed by atoms with E-state index in [1.54, 1.807) is 12.1 Å². The summed E-state index contributed by atoms with van der Waals surface area (Å²) in [6.45, 7) is 1.14. The first-order valence-electron chi connectivity index (χ1n) is 7.47. The van der Waals surface area contributed by atoms with Crippen molar-refractivity contribution in [1.29, 1.82) is 0 Å². The van der Waals surface area contributed by atoms with E-state index in [9.17, 15) is 18.6 Å². The maximum Gasteiger partial charge on any atom is 0.238 e. The third-order valence-electron chi connectivity index (χ3n) is 4.33. The van der Waals surface area contributed by atoms with Crippen LogP contribution in [0, 0.1) is 0 Å². The Balaban J connectivity index is 0.00000182. The van der Waals surface area contributed by atoms with E-state index < -0.39 is 21.5 Å². The lowest BCUT2D eigenvalue weighted by atomic mass is 9.87. The van der Waals surface area contributed by atoms with E-state index in [2.05, 4.69) is 5.32 Å². The van der Waals surface area contributed by atoms with Crippen molar-refractivity contribution in [2.45, 2.75) is 17.2 Å². The number of hydrogen-bond acceptors (Lipinski definition) is 5.